The second-order valence-electron chi connectivity index (χ2n) is 4.96. The van der Waals surface area contributed by atoms with Gasteiger partial charge in [-0.25, -0.2) is 8.42 Å². The van der Waals surface area contributed by atoms with Crippen LogP contribution in [0, 0.1) is 0 Å². The van der Waals surface area contributed by atoms with Gasteiger partial charge in [-0.1, -0.05) is 23.2 Å². The quantitative estimate of drug-likeness (QED) is 0.620. The average molecular weight is 446 g/mol. The second-order valence-corrected chi connectivity index (χ2v) is 8.62. The van der Waals surface area contributed by atoms with Gasteiger partial charge < -0.3 is 5.11 Å². The maximum absolute atomic E-state index is 13.0. The predicted octanol–water partition coefficient (Wildman–Crippen LogP) is 4.90. The summed E-state index contributed by atoms with van der Waals surface area (Å²) in [4.78, 5) is -0.121. The molecule has 2 aromatic carbocycles. The summed E-state index contributed by atoms with van der Waals surface area (Å²) in [5.41, 5.74) is -1.15. The van der Waals surface area contributed by atoms with Gasteiger partial charge in [0, 0.05) is 15.7 Å². The van der Waals surface area contributed by atoms with Crippen LogP contribution in [0.4, 0.5) is 18.9 Å². The van der Waals surface area contributed by atoms with Gasteiger partial charge in [-0.3, -0.25) is 4.72 Å². The van der Waals surface area contributed by atoms with Crippen LogP contribution in [-0.4, -0.2) is 25.9 Å². The highest BCUT2D eigenvalue weighted by Gasteiger charge is 2.34. The van der Waals surface area contributed by atoms with Crippen LogP contribution in [0.15, 0.2) is 46.2 Å². The molecule has 0 bridgehead atoms. The fourth-order valence-electron chi connectivity index (χ4n) is 1.96. The van der Waals surface area contributed by atoms with E-state index in [9.17, 15) is 21.6 Å². The lowest BCUT2D eigenvalue weighted by molar-refractivity contribution is -0.137. The topological polar surface area (TPSA) is 66.4 Å². The van der Waals surface area contributed by atoms with Crippen LogP contribution in [0.3, 0.4) is 0 Å². The summed E-state index contributed by atoms with van der Waals surface area (Å²) in [7, 11) is -4.32. The molecule has 2 N–H and O–H groups in total. The number of anilines is 1. The zero-order chi connectivity index (χ0) is 19.5. The van der Waals surface area contributed by atoms with E-state index in [2.05, 4.69) is 4.72 Å². The molecule has 0 aliphatic heterocycles. The van der Waals surface area contributed by atoms with Gasteiger partial charge in [-0.05, 0) is 36.4 Å². The Morgan fingerprint density at radius 1 is 1.12 bits per heavy atom. The fraction of sp³-hybridized carbons (Fsp3) is 0.200. The van der Waals surface area contributed by atoms with Gasteiger partial charge in [0.05, 0.1) is 27.8 Å². The van der Waals surface area contributed by atoms with Gasteiger partial charge in [0.25, 0.3) is 10.0 Å². The lowest BCUT2D eigenvalue weighted by atomic mass is 10.2. The van der Waals surface area contributed by atoms with Gasteiger partial charge in [0.15, 0.2) is 0 Å². The van der Waals surface area contributed by atoms with E-state index in [0.717, 1.165) is 23.9 Å². The van der Waals surface area contributed by atoms with E-state index in [1.165, 1.54) is 12.1 Å². The van der Waals surface area contributed by atoms with E-state index in [0.29, 0.717) is 16.7 Å². The lowest BCUT2D eigenvalue weighted by Crippen LogP contribution is -2.15. The third-order valence-corrected chi connectivity index (χ3v) is 6.07. The molecule has 0 unspecified atom stereocenters. The molecule has 0 saturated carbocycles. The van der Waals surface area contributed by atoms with Crippen LogP contribution < -0.4 is 4.72 Å². The molecule has 0 spiro atoms. The van der Waals surface area contributed by atoms with E-state index in [-0.39, 0.29) is 17.3 Å². The Labute approximate surface area is 162 Å². The van der Waals surface area contributed by atoms with E-state index in [1.807, 2.05) is 0 Å². The third-order valence-electron chi connectivity index (χ3n) is 3.09. The molecule has 0 radical (unpaired) electrons. The van der Waals surface area contributed by atoms with Crippen molar-refractivity contribution in [2.24, 2.45) is 0 Å². The number of benzene rings is 2. The van der Waals surface area contributed by atoms with E-state index in [4.69, 9.17) is 28.3 Å². The highest BCUT2D eigenvalue weighted by molar-refractivity contribution is 7.99. The monoisotopic (exact) mass is 445 g/mol. The zero-order valence-electron chi connectivity index (χ0n) is 12.8. The summed E-state index contributed by atoms with van der Waals surface area (Å²) >= 11 is 12.6. The van der Waals surface area contributed by atoms with Crippen molar-refractivity contribution >= 4 is 50.7 Å². The predicted molar refractivity (Wildman–Crippen MR) is 96.5 cm³/mol. The van der Waals surface area contributed by atoms with E-state index >= 15 is 0 Å². The highest BCUT2D eigenvalue weighted by Crippen LogP contribution is 2.37. The number of alkyl halides is 3. The Hall–Kier alpha value is -1.13. The van der Waals surface area contributed by atoms with Crippen LogP contribution in [0.5, 0.6) is 0 Å². The highest BCUT2D eigenvalue weighted by atomic mass is 35.5. The Balaban J connectivity index is 2.42. The van der Waals surface area contributed by atoms with Crippen LogP contribution in [0.2, 0.25) is 10.0 Å². The van der Waals surface area contributed by atoms with Crippen molar-refractivity contribution in [2.75, 3.05) is 17.1 Å². The van der Waals surface area contributed by atoms with Crippen LogP contribution in [0.1, 0.15) is 5.56 Å². The number of hydrogen-bond acceptors (Lipinski definition) is 4. The Morgan fingerprint density at radius 3 is 2.42 bits per heavy atom. The van der Waals surface area contributed by atoms with Crippen molar-refractivity contribution in [3.8, 4) is 0 Å². The molecule has 0 heterocycles. The Kier molecular flexibility index (Phi) is 6.73. The number of sulfonamides is 1. The number of aliphatic hydroxyl groups excluding tert-OH is 1. The normalized spacial score (nSPS) is 12.2. The Bertz CT molecular complexity index is 905. The molecular formula is C15H12Cl2F3NO3S2. The van der Waals surface area contributed by atoms with Gasteiger partial charge in [0.2, 0.25) is 0 Å². The first kappa shape index (κ1) is 21.2. The molecule has 0 atom stereocenters. The molecule has 0 fully saturated rings. The summed E-state index contributed by atoms with van der Waals surface area (Å²) in [6.07, 6.45) is -4.79. The van der Waals surface area contributed by atoms with E-state index < -0.39 is 31.7 Å². The van der Waals surface area contributed by atoms with Crippen LogP contribution in [-0.2, 0) is 16.2 Å². The average Bonchev–Trinajstić information content (AvgIpc) is 2.53. The number of nitrogens with one attached hydrogen (secondary N) is 1. The number of halogens is 5. The Morgan fingerprint density at radius 2 is 1.81 bits per heavy atom. The first-order valence-electron chi connectivity index (χ1n) is 6.97. The molecule has 0 saturated heterocycles. The molecule has 0 amide bonds. The van der Waals surface area contributed by atoms with Crippen molar-refractivity contribution < 1.29 is 26.7 Å². The minimum absolute atomic E-state index is 0.0967. The first-order chi connectivity index (χ1) is 12.0. The number of hydrogen-bond donors (Lipinski definition) is 2. The number of thioether (sulfide) groups is 1. The fourth-order valence-corrected chi connectivity index (χ4v) is 4.25. The largest absolute Gasteiger partial charge is 0.417 e. The molecule has 11 heteroatoms. The zero-order valence-corrected chi connectivity index (χ0v) is 16.0. The van der Waals surface area contributed by atoms with Gasteiger partial charge in [0.1, 0.15) is 0 Å². The molecule has 142 valence electrons. The van der Waals surface area contributed by atoms with E-state index in [1.54, 1.807) is 6.07 Å². The van der Waals surface area contributed by atoms with Gasteiger partial charge in [-0.2, -0.15) is 13.2 Å². The maximum Gasteiger partial charge on any atom is 0.417 e. The molecule has 0 aliphatic carbocycles. The summed E-state index contributed by atoms with van der Waals surface area (Å²) in [5, 5.41) is 8.55. The van der Waals surface area contributed by atoms with Gasteiger partial charge >= 0.3 is 6.18 Å². The smallest absolute Gasteiger partial charge is 0.396 e. The molecule has 0 aromatic heterocycles. The molecule has 2 aromatic rings. The van der Waals surface area contributed by atoms with Gasteiger partial charge in [-0.15, -0.1) is 11.8 Å². The minimum Gasteiger partial charge on any atom is -0.396 e. The summed E-state index contributed by atoms with van der Waals surface area (Å²) in [6, 6.07) is 6.73. The second kappa shape index (κ2) is 8.26. The van der Waals surface area contributed by atoms with Crippen molar-refractivity contribution in [2.45, 2.75) is 16.0 Å². The molecule has 0 aliphatic rings. The molecule has 4 nitrogen and oxygen atoms in total. The number of aliphatic hydroxyl groups is 1. The van der Waals surface area contributed by atoms with Crippen LogP contribution >= 0.6 is 35.0 Å². The summed E-state index contributed by atoms with van der Waals surface area (Å²) in [5.74, 6) is 0.301. The van der Waals surface area contributed by atoms with Crippen molar-refractivity contribution in [1.82, 2.24) is 0 Å². The SMILES string of the molecule is O=S(=O)(Nc1cc(Cl)ccc1SCCO)c1ccc(Cl)c(C(F)(F)F)c1. The summed E-state index contributed by atoms with van der Waals surface area (Å²) < 4.78 is 66.1. The lowest BCUT2D eigenvalue weighted by Gasteiger charge is -2.14. The van der Waals surface area contributed by atoms with Crippen molar-refractivity contribution in [3.05, 3.63) is 52.0 Å². The van der Waals surface area contributed by atoms with Crippen molar-refractivity contribution in [1.29, 1.82) is 0 Å². The molecule has 2 rings (SSSR count). The number of rotatable bonds is 6. The maximum atomic E-state index is 13.0. The molecule has 26 heavy (non-hydrogen) atoms. The standard InChI is InChI=1S/C15H12Cl2F3NO3S2/c16-9-1-4-14(25-6-5-22)13(7-9)21-26(23,24)10-2-3-12(17)11(8-10)15(18,19)20/h1-4,7-8,21-22H,5-6H2. The van der Waals surface area contributed by atoms with Crippen LogP contribution in [0.25, 0.3) is 0 Å². The first-order valence-corrected chi connectivity index (χ1v) is 10.2. The summed E-state index contributed by atoms with van der Waals surface area (Å²) in [6.45, 7) is -0.133. The van der Waals surface area contributed by atoms with Crippen molar-refractivity contribution in [3.63, 3.8) is 0 Å². The minimum atomic E-state index is -4.79. The molecular weight excluding hydrogens is 434 g/mol. The third kappa shape index (κ3) is 5.20.